The van der Waals surface area contributed by atoms with Crippen molar-refractivity contribution in [1.82, 2.24) is 10.2 Å². The van der Waals surface area contributed by atoms with Crippen LogP contribution in [0.15, 0.2) is 89.9 Å². The highest BCUT2D eigenvalue weighted by Crippen LogP contribution is 2.38. The number of urea groups is 1. The van der Waals surface area contributed by atoms with Crippen LogP contribution in [0.5, 0.6) is 0 Å². The Kier molecular flexibility index (Phi) is 6.41. The van der Waals surface area contributed by atoms with E-state index in [4.69, 9.17) is 4.99 Å². The molecule has 2 amide bonds. The zero-order chi connectivity index (χ0) is 23.4. The van der Waals surface area contributed by atoms with Crippen LogP contribution >= 0.6 is 0 Å². The highest BCUT2D eigenvalue weighted by Gasteiger charge is 2.52. The number of nitrogens with zero attached hydrogens (tertiary/aromatic N) is 3. The van der Waals surface area contributed by atoms with Crippen molar-refractivity contribution in [2.45, 2.75) is 31.3 Å². The van der Waals surface area contributed by atoms with Crippen LogP contribution in [-0.4, -0.2) is 41.9 Å². The number of hydrogen-bond acceptors (Lipinski definition) is 3. The fourth-order valence-electron chi connectivity index (χ4n) is 5.06. The van der Waals surface area contributed by atoms with Gasteiger partial charge in [-0.2, -0.15) is 0 Å². The molecule has 5 rings (SSSR count). The molecule has 1 spiro atoms. The summed E-state index contributed by atoms with van der Waals surface area (Å²) in [5.74, 6) is 0.355. The van der Waals surface area contributed by atoms with Crippen molar-refractivity contribution in [3.8, 4) is 0 Å². The van der Waals surface area contributed by atoms with Gasteiger partial charge in [0.05, 0.1) is 0 Å². The number of piperidine rings is 1. The zero-order valence-corrected chi connectivity index (χ0v) is 19.2. The summed E-state index contributed by atoms with van der Waals surface area (Å²) in [5, 5.41) is 3.03. The first-order valence-electron chi connectivity index (χ1n) is 11.9. The summed E-state index contributed by atoms with van der Waals surface area (Å²) >= 11 is 0. The summed E-state index contributed by atoms with van der Waals surface area (Å²) in [4.78, 5) is 22.2. The minimum absolute atomic E-state index is 0.236. The lowest BCUT2D eigenvalue weighted by atomic mass is 9.85. The number of hydrogen-bond donors (Lipinski definition) is 1. The maximum atomic E-state index is 14.1. The molecule has 0 unspecified atom stereocenters. The lowest BCUT2D eigenvalue weighted by Gasteiger charge is -2.43. The molecule has 5 nitrogen and oxygen atoms in total. The number of anilines is 1. The molecule has 2 aliphatic rings. The van der Waals surface area contributed by atoms with E-state index in [9.17, 15) is 9.18 Å². The number of aliphatic imine (C=N–C) groups is 1. The van der Waals surface area contributed by atoms with Gasteiger partial charge in [0, 0.05) is 31.9 Å². The molecule has 2 saturated heterocycles. The van der Waals surface area contributed by atoms with Gasteiger partial charge in [-0.25, -0.2) is 9.18 Å². The van der Waals surface area contributed by atoms with Gasteiger partial charge < -0.3 is 0 Å². The molecule has 1 N–H and O–H groups in total. The Morgan fingerprint density at radius 1 is 0.882 bits per heavy atom. The summed E-state index contributed by atoms with van der Waals surface area (Å²) in [5.41, 5.74) is 2.47. The molecule has 2 aliphatic heterocycles. The number of likely N-dealkylation sites (tertiary alicyclic amines) is 1. The number of rotatable bonds is 6. The maximum Gasteiger partial charge on any atom is 0.328 e. The van der Waals surface area contributed by atoms with E-state index in [0.717, 1.165) is 38.9 Å². The van der Waals surface area contributed by atoms with E-state index in [1.165, 1.54) is 23.3 Å². The third-order valence-corrected chi connectivity index (χ3v) is 6.81. The number of carbonyl (C=O) groups excluding carboxylic acids is 1. The van der Waals surface area contributed by atoms with Crippen molar-refractivity contribution in [3.05, 3.63) is 102 Å². The van der Waals surface area contributed by atoms with Gasteiger partial charge in [0.15, 0.2) is 0 Å². The van der Waals surface area contributed by atoms with Crippen molar-refractivity contribution in [2.24, 2.45) is 4.99 Å². The summed E-state index contributed by atoms with van der Waals surface area (Å²) in [6, 6.07) is 26.7. The van der Waals surface area contributed by atoms with Crippen molar-refractivity contribution < 1.29 is 9.18 Å². The number of benzene rings is 3. The molecule has 0 atom stereocenters. The van der Waals surface area contributed by atoms with Crippen molar-refractivity contribution in [3.63, 3.8) is 0 Å². The molecule has 0 aromatic heterocycles. The second-order valence-electron chi connectivity index (χ2n) is 9.00. The number of halogens is 1. The van der Waals surface area contributed by atoms with Crippen LogP contribution in [0.2, 0.25) is 0 Å². The Bertz CT molecular complexity index is 1160. The quantitative estimate of drug-likeness (QED) is 0.566. The van der Waals surface area contributed by atoms with E-state index in [0.29, 0.717) is 18.1 Å². The monoisotopic (exact) mass is 456 g/mol. The molecule has 3 aromatic carbocycles. The molecule has 34 heavy (non-hydrogen) atoms. The zero-order valence-electron chi connectivity index (χ0n) is 19.2. The second-order valence-corrected chi connectivity index (χ2v) is 9.00. The van der Waals surface area contributed by atoms with Crippen LogP contribution in [0, 0.1) is 5.82 Å². The normalized spacial score (nSPS) is 19.0. The molecule has 2 fully saturated rings. The van der Waals surface area contributed by atoms with Crippen molar-refractivity contribution in [2.75, 3.05) is 24.5 Å². The van der Waals surface area contributed by atoms with Gasteiger partial charge in [-0.15, -0.1) is 0 Å². The Morgan fingerprint density at radius 3 is 2.24 bits per heavy atom. The van der Waals surface area contributed by atoms with E-state index in [-0.39, 0.29) is 11.8 Å². The molecule has 0 saturated carbocycles. The number of amides is 2. The standard InChI is InChI=1S/C28H29FN4O/c29-24-12-7-13-25(20-24)33-27(34)31-26(30-17-14-22-8-3-1-4-9-22)28(33)15-18-32(19-16-28)21-23-10-5-2-6-11-23/h1-13,20H,14-19,21H2,(H,30,31,34). The van der Waals surface area contributed by atoms with E-state index in [1.807, 2.05) is 24.3 Å². The van der Waals surface area contributed by atoms with E-state index < -0.39 is 5.54 Å². The lowest BCUT2D eigenvalue weighted by Crippen LogP contribution is -2.56. The summed E-state index contributed by atoms with van der Waals surface area (Å²) in [6.45, 7) is 3.12. The molecule has 6 heteroatoms. The van der Waals surface area contributed by atoms with Crippen LogP contribution in [-0.2, 0) is 13.0 Å². The van der Waals surface area contributed by atoms with Crippen LogP contribution in [0.25, 0.3) is 0 Å². The van der Waals surface area contributed by atoms with Gasteiger partial charge in [-0.1, -0.05) is 66.7 Å². The Hall–Kier alpha value is -3.51. The molecule has 174 valence electrons. The number of nitrogens with one attached hydrogen (secondary N) is 1. The highest BCUT2D eigenvalue weighted by molar-refractivity contribution is 6.19. The molecular formula is C28H29FN4O. The van der Waals surface area contributed by atoms with Crippen molar-refractivity contribution >= 4 is 17.6 Å². The van der Waals surface area contributed by atoms with Gasteiger partial charge in [0.25, 0.3) is 0 Å². The highest BCUT2D eigenvalue weighted by atomic mass is 19.1. The minimum atomic E-state index is -0.589. The average molecular weight is 457 g/mol. The predicted octanol–water partition coefficient (Wildman–Crippen LogP) is 5.03. The third kappa shape index (κ3) is 4.59. The Morgan fingerprint density at radius 2 is 1.56 bits per heavy atom. The van der Waals surface area contributed by atoms with Crippen molar-refractivity contribution in [1.29, 1.82) is 0 Å². The Balaban J connectivity index is 1.40. The van der Waals surface area contributed by atoms with E-state index >= 15 is 0 Å². The fraction of sp³-hybridized carbons (Fsp3) is 0.286. The first-order chi connectivity index (χ1) is 16.6. The summed E-state index contributed by atoms with van der Waals surface area (Å²) in [7, 11) is 0. The van der Waals surface area contributed by atoms with Gasteiger partial charge in [0.1, 0.15) is 17.2 Å². The molecule has 2 heterocycles. The largest absolute Gasteiger partial charge is 0.328 e. The average Bonchev–Trinajstić information content (AvgIpc) is 3.12. The van der Waals surface area contributed by atoms with Gasteiger partial charge >= 0.3 is 6.03 Å². The van der Waals surface area contributed by atoms with Crippen LogP contribution in [0.1, 0.15) is 24.0 Å². The van der Waals surface area contributed by atoms with Crippen LogP contribution < -0.4 is 10.2 Å². The van der Waals surface area contributed by atoms with Crippen LogP contribution in [0.3, 0.4) is 0 Å². The predicted molar refractivity (Wildman–Crippen MR) is 134 cm³/mol. The van der Waals surface area contributed by atoms with E-state index in [2.05, 4.69) is 46.6 Å². The molecule has 0 radical (unpaired) electrons. The SMILES string of the molecule is O=C1NC(=NCCc2ccccc2)C2(CCN(Cc3ccccc3)CC2)N1c1cccc(F)c1. The van der Waals surface area contributed by atoms with E-state index in [1.54, 1.807) is 17.0 Å². The fourth-order valence-corrected chi connectivity index (χ4v) is 5.06. The summed E-state index contributed by atoms with van der Waals surface area (Å²) < 4.78 is 14.1. The number of carbonyl (C=O) groups is 1. The molecule has 3 aromatic rings. The third-order valence-electron chi connectivity index (χ3n) is 6.81. The smallest absolute Gasteiger partial charge is 0.299 e. The first kappa shape index (κ1) is 22.3. The first-order valence-corrected chi connectivity index (χ1v) is 11.9. The molecule has 0 bridgehead atoms. The minimum Gasteiger partial charge on any atom is -0.299 e. The van der Waals surface area contributed by atoms with Crippen LogP contribution in [0.4, 0.5) is 14.9 Å². The maximum absolute atomic E-state index is 14.1. The lowest BCUT2D eigenvalue weighted by molar-refractivity contribution is 0.184. The molecule has 0 aliphatic carbocycles. The topological polar surface area (TPSA) is 47.9 Å². The van der Waals surface area contributed by atoms with Gasteiger partial charge in [-0.05, 0) is 48.6 Å². The van der Waals surface area contributed by atoms with Gasteiger partial charge in [-0.3, -0.25) is 20.1 Å². The molecular weight excluding hydrogens is 427 g/mol. The number of amidine groups is 1. The summed E-state index contributed by atoms with van der Waals surface area (Å²) in [6.07, 6.45) is 2.27. The van der Waals surface area contributed by atoms with Gasteiger partial charge in [0.2, 0.25) is 0 Å². The second kappa shape index (κ2) is 9.77. The Labute approximate surface area is 199 Å².